The molecule has 0 heterocycles. The van der Waals surface area contributed by atoms with Crippen molar-refractivity contribution >= 4 is 47.6 Å². The van der Waals surface area contributed by atoms with Gasteiger partial charge in [0.05, 0.1) is 9.40 Å². The standard InChI is InChI=1S/C6H4Br2N2O4S/c7-4-1-3(10(11)12)2-5(6(4)8)15(9,13)14/h1-2H,(H2,9,13,14). The SMILES string of the molecule is NS(=O)(=O)c1cc([N+](=O)[O-])cc(Br)c1Br. The molecule has 0 unspecified atom stereocenters. The Bertz CT molecular complexity index is 528. The van der Waals surface area contributed by atoms with E-state index in [1.54, 1.807) is 0 Å². The van der Waals surface area contributed by atoms with Crippen molar-refractivity contribution in [2.24, 2.45) is 5.14 Å². The summed E-state index contributed by atoms with van der Waals surface area (Å²) in [5.74, 6) is 0. The quantitative estimate of drug-likeness (QED) is 0.641. The largest absolute Gasteiger partial charge is 0.271 e. The van der Waals surface area contributed by atoms with Crippen LogP contribution in [0.2, 0.25) is 0 Å². The van der Waals surface area contributed by atoms with E-state index in [4.69, 9.17) is 5.14 Å². The van der Waals surface area contributed by atoms with Gasteiger partial charge in [-0.05, 0) is 31.9 Å². The van der Waals surface area contributed by atoms with Crippen LogP contribution in [0.15, 0.2) is 26.0 Å². The molecule has 0 spiro atoms. The van der Waals surface area contributed by atoms with Crippen molar-refractivity contribution in [3.8, 4) is 0 Å². The normalized spacial score (nSPS) is 11.4. The summed E-state index contributed by atoms with van der Waals surface area (Å²) < 4.78 is 22.6. The first kappa shape index (κ1) is 12.6. The molecule has 0 radical (unpaired) electrons. The molecule has 0 aliphatic carbocycles. The Hall–Kier alpha value is -0.510. The molecule has 1 rings (SSSR count). The van der Waals surface area contributed by atoms with Crippen molar-refractivity contribution < 1.29 is 13.3 Å². The molecular formula is C6H4Br2N2O4S. The van der Waals surface area contributed by atoms with Crippen LogP contribution in [-0.2, 0) is 10.0 Å². The molecule has 82 valence electrons. The van der Waals surface area contributed by atoms with Gasteiger partial charge in [-0.3, -0.25) is 10.1 Å². The third-order valence-corrected chi connectivity index (χ3v) is 4.71. The Morgan fingerprint density at radius 1 is 1.33 bits per heavy atom. The summed E-state index contributed by atoms with van der Waals surface area (Å²) in [6.45, 7) is 0. The number of hydrogen-bond acceptors (Lipinski definition) is 4. The summed E-state index contributed by atoms with van der Waals surface area (Å²) >= 11 is 5.96. The van der Waals surface area contributed by atoms with Crippen molar-refractivity contribution in [2.75, 3.05) is 0 Å². The smallest absolute Gasteiger partial charge is 0.258 e. The van der Waals surface area contributed by atoms with Crippen LogP contribution >= 0.6 is 31.9 Å². The lowest BCUT2D eigenvalue weighted by atomic mass is 10.3. The number of nitrogens with two attached hydrogens (primary N) is 1. The summed E-state index contributed by atoms with van der Waals surface area (Å²) in [4.78, 5) is 9.44. The van der Waals surface area contributed by atoms with E-state index in [1.807, 2.05) is 0 Å². The monoisotopic (exact) mass is 358 g/mol. The molecule has 15 heavy (non-hydrogen) atoms. The Morgan fingerprint density at radius 3 is 2.27 bits per heavy atom. The highest BCUT2D eigenvalue weighted by atomic mass is 79.9. The fraction of sp³-hybridized carbons (Fsp3) is 0. The maximum absolute atomic E-state index is 11.1. The summed E-state index contributed by atoms with van der Waals surface area (Å²) in [7, 11) is -3.99. The number of non-ortho nitro benzene ring substituents is 1. The van der Waals surface area contributed by atoms with Gasteiger partial charge >= 0.3 is 0 Å². The first-order valence-electron chi connectivity index (χ1n) is 3.39. The van der Waals surface area contributed by atoms with Crippen LogP contribution in [0.5, 0.6) is 0 Å². The lowest BCUT2D eigenvalue weighted by Crippen LogP contribution is -2.13. The molecule has 9 heteroatoms. The average Bonchev–Trinajstić information content (AvgIpc) is 2.06. The topological polar surface area (TPSA) is 103 Å². The van der Waals surface area contributed by atoms with Crippen LogP contribution in [-0.4, -0.2) is 13.3 Å². The highest BCUT2D eigenvalue weighted by Crippen LogP contribution is 2.33. The predicted molar refractivity (Wildman–Crippen MR) is 59.9 cm³/mol. The third-order valence-electron chi connectivity index (χ3n) is 1.50. The molecule has 0 amide bonds. The van der Waals surface area contributed by atoms with E-state index in [-0.39, 0.29) is 19.5 Å². The van der Waals surface area contributed by atoms with Crippen LogP contribution in [0, 0.1) is 10.1 Å². The number of nitro groups is 1. The van der Waals surface area contributed by atoms with Crippen LogP contribution in [0.4, 0.5) is 5.69 Å². The van der Waals surface area contributed by atoms with Crippen LogP contribution in [0.25, 0.3) is 0 Å². The molecule has 0 aliphatic rings. The Morgan fingerprint density at radius 2 is 1.87 bits per heavy atom. The number of benzene rings is 1. The minimum atomic E-state index is -3.99. The molecule has 0 saturated heterocycles. The summed E-state index contributed by atoms with van der Waals surface area (Å²) in [5, 5.41) is 15.4. The molecule has 0 fully saturated rings. The molecule has 0 saturated carbocycles. The molecule has 2 N–H and O–H groups in total. The fourth-order valence-corrected chi connectivity index (χ4v) is 2.99. The molecule has 0 atom stereocenters. The van der Waals surface area contributed by atoms with E-state index < -0.39 is 14.9 Å². The van der Waals surface area contributed by atoms with Crippen molar-refractivity contribution in [1.29, 1.82) is 0 Å². The van der Waals surface area contributed by atoms with E-state index in [0.717, 1.165) is 6.07 Å². The summed E-state index contributed by atoms with van der Waals surface area (Å²) in [6.07, 6.45) is 0. The van der Waals surface area contributed by atoms with Gasteiger partial charge in [0.2, 0.25) is 10.0 Å². The second kappa shape index (κ2) is 4.16. The van der Waals surface area contributed by atoms with E-state index in [1.165, 1.54) is 6.07 Å². The average molecular weight is 360 g/mol. The molecule has 1 aromatic carbocycles. The summed E-state index contributed by atoms with van der Waals surface area (Å²) in [5.41, 5.74) is -0.353. The van der Waals surface area contributed by atoms with Gasteiger partial charge in [-0.15, -0.1) is 0 Å². The van der Waals surface area contributed by atoms with Gasteiger partial charge in [-0.25, -0.2) is 13.6 Å². The Labute approximate surface area is 102 Å². The van der Waals surface area contributed by atoms with E-state index in [9.17, 15) is 18.5 Å². The van der Waals surface area contributed by atoms with E-state index in [2.05, 4.69) is 31.9 Å². The van der Waals surface area contributed by atoms with Gasteiger partial charge in [0.15, 0.2) is 0 Å². The minimum absolute atomic E-state index is 0.163. The molecule has 0 aromatic heterocycles. The van der Waals surface area contributed by atoms with Crippen LogP contribution < -0.4 is 5.14 Å². The maximum atomic E-state index is 11.1. The van der Waals surface area contributed by atoms with Gasteiger partial charge < -0.3 is 0 Å². The third kappa shape index (κ3) is 2.74. The van der Waals surface area contributed by atoms with E-state index in [0.29, 0.717) is 0 Å². The molecule has 6 nitrogen and oxygen atoms in total. The number of nitrogens with zero attached hydrogens (tertiary/aromatic N) is 1. The van der Waals surface area contributed by atoms with Crippen molar-refractivity contribution in [3.63, 3.8) is 0 Å². The minimum Gasteiger partial charge on any atom is -0.258 e. The first-order chi connectivity index (χ1) is 6.73. The predicted octanol–water partition coefficient (Wildman–Crippen LogP) is 1.77. The van der Waals surface area contributed by atoms with Crippen molar-refractivity contribution in [2.45, 2.75) is 4.90 Å². The van der Waals surface area contributed by atoms with Gasteiger partial charge in [-0.2, -0.15) is 0 Å². The zero-order chi connectivity index (χ0) is 11.8. The van der Waals surface area contributed by atoms with Crippen molar-refractivity contribution in [3.05, 3.63) is 31.2 Å². The first-order valence-corrected chi connectivity index (χ1v) is 6.53. The van der Waals surface area contributed by atoms with Crippen LogP contribution in [0.3, 0.4) is 0 Å². The van der Waals surface area contributed by atoms with Crippen LogP contribution in [0.1, 0.15) is 0 Å². The second-order valence-corrected chi connectivity index (χ2v) is 5.72. The lowest BCUT2D eigenvalue weighted by Gasteiger charge is -2.03. The number of halogens is 2. The van der Waals surface area contributed by atoms with Gasteiger partial charge in [0.25, 0.3) is 5.69 Å². The highest BCUT2D eigenvalue weighted by Gasteiger charge is 2.20. The highest BCUT2D eigenvalue weighted by molar-refractivity contribution is 9.13. The van der Waals surface area contributed by atoms with Crippen molar-refractivity contribution in [1.82, 2.24) is 0 Å². The lowest BCUT2D eigenvalue weighted by molar-refractivity contribution is -0.385. The number of hydrogen-bond donors (Lipinski definition) is 1. The number of sulfonamides is 1. The Kier molecular flexibility index (Phi) is 3.48. The molecule has 1 aromatic rings. The van der Waals surface area contributed by atoms with Gasteiger partial charge in [0.1, 0.15) is 4.90 Å². The number of nitro benzene ring substituents is 1. The molecule has 0 bridgehead atoms. The molecule has 0 aliphatic heterocycles. The summed E-state index contributed by atoms with van der Waals surface area (Å²) in [6, 6.07) is 2.07. The second-order valence-electron chi connectivity index (χ2n) is 2.54. The molecular weight excluding hydrogens is 356 g/mol. The fourth-order valence-electron chi connectivity index (χ4n) is 0.863. The number of rotatable bonds is 2. The number of primary sulfonamides is 1. The Balaban J connectivity index is 3.59. The van der Waals surface area contributed by atoms with Gasteiger partial charge in [-0.1, -0.05) is 0 Å². The zero-order valence-corrected chi connectivity index (χ0v) is 11.0. The van der Waals surface area contributed by atoms with E-state index >= 15 is 0 Å². The van der Waals surface area contributed by atoms with Gasteiger partial charge in [0, 0.05) is 16.6 Å². The zero-order valence-electron chi connectivity index (χ0n) is 6.98. The maximum Gasteiger partial charge on any atom is 0.271 e.